The van der Waals surface area contributed by atoms with Gasteiger partial charge in [-0.05, 0) is 32.4 Å². The highest BCUT2D eigenvalue weighted by molar-refractivity contribution is 5.87. The summed E-state index contributed by atoms with van der Waals surface area (Å²) in [7, 11) is 0. The third kappa shape index (κ3) is 3.85. The predicted molar refractivity (Wildman–Crippen MR) is 66.7 cm³/mol. The molecule has 0 saturated carbocycles. The van der Waals surface area contributed by atoms with Gasteiger partial charge in [0, 0.05) is 17.8 Å². The van der Waals surface area contributed by atoms with Crippen LogP contribution in [0.1, 0.15) is 19.4 Å². The van der Waals surface area contributed by atoms with Crippen molar-refractivity contribution in [2.45, 2.75) is 20.8 Å². The Hall–Kier alpha value is -2.44. The van der Waals surface area contributed by atoms with Crippen molar-refractivity contribution < 1.29 is 14.6 Å². The summed E-state index contributed by atoms with van der Waals surface area (Å²) in [5, 5.41) is 16.5. The smallest absolute Gasteiger partial charge is 0.298 e. The summed E-state index contributed by atoms with van der Waals surface area (Å²) in [6.45, 7) is 5.02. The molecule has 0 fully saturated rings. The zero-order chi connectivity index (χ0) is 13.7. The highest BCUT2D eigenvalue weighted by atomic mass is 16.7. The first-order valence-electron chi connectivity index (χ1n) is 5.14. The molecule has 7 nitrogen and oxygen atoms in total. The largest absolute Gasteiger partial charge is 0.437 e. The first-order chi connectivity index (χ1) is 8.40. The fourth-order valence-electron chi connectivity index (χ4n) is 1.17. The van der Waals surface area contributed by atoms with E-state index in [1.54, 1.807) is 20.8 Å². The van der Waals surface area contributed by atoms with E-state index in [0.29, 0.717) is 17.0 Å². The van der Waals surface area contributed by atoms with E-state index in [0.717, 1.165) is 0 Å². The predicted octanol–water partition coefficient (Wildman–Crippen LogP) is 2.85. The van der Waals surface area contributed by atoms with Gasteiger partial charge in [0.25, 0.3) is 5.69 Å². The molecule has 1 N–H and O–H groups in total. The Morgan fingerprint density at radius 1 is 1.44 bits per heavy atom. The molecule has 0 heterocycles. The lowest BCUT2D eigenvalue weighted by atomic mass is 10.2. The first kappa shape index (κ1) is 13.6. The van der Waals surface area contributed by atoms with Crippen molar-refractivity contribution in [3.63, 3.8) is 0 Å². The van der Waals surface area contributed by atoms with Crippen LogP contribution in [-0.2, 0) is 4.84 Å². The lowest BCUT2D eigenvalue weighted by Crippen LogP contribution is -2.12. The quantitative estimate of drug-likeness (QED) is 0.387. The van der Waals surface area contributed by atoms with E-state index in [-0.39, 0.29) is 5.69 Å². The van der Waals surface area contributed by atoms with Crippen LogP contribution in [0.3, 0.4) is 0 Å². The number of nitrogens with zero attached hydrogens (tertiary/aromatic N) is 2. The normalized spacial score (nSPS) is 9.50. The molecule has 0 aliphatic carbocycles. The third-order valence-corrected chi connectivity index (χ3v) is 1.97. The van der Waals surface area contributed by atoms with Gasteiger partial charge in [0.15, 0.2) is 0 Å². The molecule has 96 valence electrons. The van der Waals surface area contributed by atoms with E-state index < -0.39 is 11.0 Å². The standard InChI is InChI=1S/C11H13N3O4/c1-7(2)13-18-11(15)12-10-5-4-9(14(16)17)6-8(10)3/h4-6H,1-3H3,(H,12,15). The van der Waals surface area contributed by atoms with Crippen molar-refractivity contribution in [1.29, 1.82) is 0 Å². The van der Waals surface area contributed by atoms with Crippen molar-refractivity contribution in [3.8, 4) is 0 Å². The average Bonchev–Trinajstić information content (AvgIpc) is 2.29. The Kier molecular flexibility index (Phi) is 4.36. The van der Waals surface area contributed by atoms with Crippen molar-refractivity contribution >= 4 is 23.2 Å². The average molecular weight is 251 g/mol. The molecule has 1 rings (SSSR count). The van der Waals surface area contributed by atoms with Gasteiger partial charge in [-0.15, -0.1) is 0 Å². The van der Waals surface area contributed by atoms with Gasteiger partial charge in [-0.1, -0.05) is 5.16 Å². The number of carbonyl (C=O) groups is 1. The number of nitro groups is 1. The van der Waals surface area contributed by atoms with Crippen molar-refractivity contribution in [1.82, 2.24) is 0 Å². The van der Waals surface area contributed by atoms with Gasteiger partial charge in [0.2, 0.25) is 0 Å². The molecule has 0 aromatic heterocycles. The molecule has 0 saturated heterocycles. The monoisotopic (exact) mass is 251 g/mol. The Morgan fingerprint density at radius 3 is 2.61 bits per heavy atom. The van der Waals surface area contributed by atoms with Gasteiger partial charge in [-0.25, -0.2) is 4.79 Å². The summed E-state index contributed by atoms with van der Waals surface area (Å²) in [5.41, 5.74) is 1.58. The Labute approximate surface area is 104 Å². The number of amides is 1. The molecule has 0 radical (unpaired) electrons. The van der Waals surface area contributed by atoms with Gasteiger partial charge < -0.3 is 0 Å². The molecule has 0 bridgehead atoms. The van der Waals surface area contributed by atoms with E-state index in [1.807, 2.05) is 0 Å². The lowest BCUT2D eigenvalue weighted by molar-refractivity contribution is -0.384. The van der Waals surface area contributed by atoms with E-state index in [4.69, 9.17) is 0 Å². The van der Waals surface area contributed by atoms with Crippen LogP contribution in [-0.4, -0.2) is 16.7 Å². The number of hydrogen-bond acceptors (Lipinski definition) is 5. The molecule has 1 amide bonds. The number of anilines is 1. The van der Waals surface area contributed by atoms with Crippen LogP contribution >= 0.6 is 0 Å². The number of rotatable bonds is 3. The molecule has 0 aliphatic rings. The zero-order valence-corrected chi connectivity index (χ0v) is 10.3. The van der Waals surface area contributed by atoms with Crippen molar-refractivity contribution in [2.75, 3.05) is 5.32 Å². The molecule has 0 spiro atoms. The van der Waals surface area contributed by atoms with Crippen molar-refractivity contribution in [2.24, 2.45) is 5.16 Å². The maximum absolute atomic E-state index is 11.3. The molecule has 1 aromatic carbocycles. The maximum Gasteiger partial charge on any atom is 0.437 e. The zero-order valence-electron chi connectivity index (χ0n) is 10.3. The van der Waals surface area contributed by atoms with Crippen LogP contribution in [0.15, 0.2) is 23.4 Å². The topological polar surface area (TPSA) is 93.8 Å². The van der Waals surface area contributed by atoms with Crippen LogP contribution in [0.5, 0.6) is 0 Å². The Morgan fingerprint density at radius 2 is 2.11 bits per heavy atom. The molecule has 1 aromatic rings. The SMILES string of the molecule is CC(C)=NOC(=O)Nc1ccc([N+](=O)[O-])cc1C. The van der Waals surface area contributed by atoms with Crippen LogP contribution in [0, 0.1) is 17.0 Å². The molecule has 0 aliphatic heterocycles. The molecule has 0 unspecified atom stereocenters. The minimum Gasteiger partial charge on any atom is -0.298 e. The summed E-state index contributed by atoms with van der Waals surface area (Å²) in [5.74, 6) is 0. The Bertz CT molecular complexity index is 507. The second kappa shape index (κ2) is 5.76. The van der Waals surface area contributed by atoms with Gasteiger partial charge in [-0.3, -0.25) is 20.3 Å². The molecular weight excluding hydrogens is 238 g/mol. The summed E-state index contributed by atoms with van der Waals surface area (Å²) >= 11 is 0. The number of nitro benzene ring substituents is 1. The van der Waals surface area contributed by atoms with E-state index in [9.17, 15) is 14.9 Å². The number of nitrogens with one attached hydrogen (secondary N) is 1. The van der Waals surface area contributed by atoms with Crippen LogP contribution < -0.4 is 5.32 Å². The van der Waals surface area contributed by atoms with E-state index >= 15 is 0 Å². The summed E-state index contributed by atoms with van der Waals surface area (Å²) in [4.78, 5) is 25.9. The minimum absolute atomic E-state index is 0.0335. The summed E-state index contributed by atoms with van der Waals surface area (Å²) in [6.07, 6.45) is -0.742. The van der Waals surface area contributed by atoms with Crippen LogP contribution in [0.2, 0.25) is 0 Å². The van der Waals surface area contributed by atoms with Gasteiger partial charge in [0.05, 0.1) is 10.6 Å². The van der Waals surface area contributed by atoms with Gasteiger partial charge in [0.1, 0.15) is 0 Å². The Balaban J connectivity index is 2.77. The summed E-state index contributed by atoms with van der Waals surface area (Å²) < 4.78 is 0. The summed E-state index contributed by atoms with van der Waals surface area (Å²) in [6, 6.07) is 4.11. The first-order valence-corrected chi connectivity index (χ1v) is 5.14. The number of aryl methyl sites for hydroxylation is 1. The van der Waals surface area contributed by atoms with E-state index in [2.05, 4.69) is 15.3 Å². The lowest BCUT2D eigenvalue weighted by Gasteiger charge is -2.06. The molecule has 18 heavy (non-hydrogen) atoms. The molecule has 7 heteroatoms. The molecular formula is C11H13N3O4. The number of benzene rings is 1. The number of non-ortho nitro benzene ring substituents is 1. The van der Waals surface area contributed by atoms with Crippen LogP contribution in [0.4, 0.5) is 16.2 Å². The second-order valence-corrected chi connectivity index (χ2v) is 3.80. The number of hydrogen-bond donors (Lipinski definition) is 1. The molecule has 0 atom stereocenters. The third-order valence-electron chi connectivity index (χ3n) is 1.97. The second-order valence-electron chi connectivity index (χ2n) is 3.80. The number of carbonyl (C=O) groups excluding carboxylic acids is 1. The highest BCUT2D eigenvalue weighted by Gasteiger charge is 2.10. The maximum atomic E-state index is 11.3. The van der Waals surface area contributed by atoms with Crippen LogP contribution in [0.25, 0.3) is 0 Å². The minimum atomic E-state index is -0.742. The van der Waals surface area contributed by atoms with E-state index in [1.165, 1.54) is 18.2 Å². The van der Waals surface area contributed by atoms with Gasteiger partial charge in [-0.2, -0.15) is 0 Å². The highest BCUT2D eigenvalue weighted by Crippen LogP contribution is 2.21. The number of oxime groups is 1. The fraction of sp³-hybridized carbons (Fsp3) is 0.273. The van der Waals surface area contributed by atoms with Crippen molar-refractivity contribution in [3.05, 3.63) is 33.9 Å². The van der Waals surface area contributed by atoms with Gasteiger partial charge >= 0.3 is 6.09 Å². The fourth-order valence-corrected chi connectivity index (χ4v) is 1.17.